The van der Waals surface area contributed by atoms with Crippen LogP contribution in [0.1, 0.15) is 41.0 Å². The second kappa shape index (κ2) is 7.81. The van der Waals surface area contributed by atoms with E-state index in [1.165, 1.54) is 16.7 Å². The number of hydrogen-bond donors (Lipinski definition) is 2. The van der Waals surface area contributed by atoms with E-state index in [2.05, 4.69) is 58.9 Å². The molecule has 124 valence electrons. The first-order valence-corrected chi connectivity index (χ1v) is 7.94. The molecule has 0 spiro atoms. The quantitative estimate of drug-likeness (QED) is 0.658. The van der Waals surface area contributed by atoms with Gasteiger partial charge in [-0.2, -0.15) is 0 Å². The normalized spacial score (nSPS) is 13.0. The number of nitrogens with one attached hydrogen (secondary N) is 2. The van der Waals surface area contributed by atoms with E-state index >= 15 is 0 Å². The van der Waals surface area contributed by atoms with Crippen molar-refractivity contribution in [2.75, 3.05) is 13.6 Å². The van der Waals surface area contributed by atoms with Crippen molar-refractivity contribution in [3.8, 4) is 0 Å². The Bertz CT molecular complexity index is 656. The zero-order valence-electron chi connectivity index (χ0n) is 14.6. The van der Waals surface area contributed by atoms with Crippen molar-refractivity contribution in [2.45, 2.75) is 40.2 Å². The van der Waals surface area contributed by atoms with Crippen molar-refractivity contribution in [3.63, 3.8) is 0 Å². The lowest BCUT2D eigenvalue weighted by atomic mass is 10.00. The minimum atomic E-state index is 0.304. The Balaban J connectivity index is 1.89. The molecule has 0 saturated heterocycles. The summed E-state index contributed by atoms with van der Waals surface area (Å²) in [6, 6.07) is 8.35. The average Bonchev–Trinajstić information content (AvgIpc) is 2.87. The molecule has 1 aromatic heterocycles. The van der Waals surface area contributed by atoms with E-state index in [-0.39, 0.29) is 0 Å². The van der Waals surface area contributed by atoms with Crippen molar-refractivity contribution < 1.29 is 4.52 Å². The summed E-state index contributed by atoms with van der Waals surface area (Å²) < 4.78 is 5.24. The van der Waals surface area contributed by atoms with Crippen molar-refractivity contribution in [2.24, 2.45) is 4.99 Å². The number of benzene rings is 1. The van der Waals surface area contributed by atoms with Gasteiger partial charge in [0.25, 0.3) is 0 Å². The third kappa shape index (κ3) is 4.34. The van der Waals surface area contributed by atoms with Gasteiger partial charge in [0.1, 0.15) is 5.76 Å². The van der Waals surface area contributed by atoms with Gasteiger partial charge in [-0.25, -0.2) is 0 Å². The van der Waals surface area contributed by atoms with Crippen LogP contribution in [0.3, 0.4) is 0 Å². The summed E-state index contributed by atoms with van der Waals surface area (Å²) in [7, 11) is 1.79. The SMILES string of the molecule is CN=C(NCc1ccccc1C)NCC(C)c1c(C)noc1C. The van der Waals surface area contributed by atoms with Crippen LogP contribution in [0.5, 0.6) is 0 Å². The van der Waals surface area contributed by atoms with Crippen LogP contribution in [0.25, 0.3) is 0 Å². The highest BCUT2D eigenvalue weighted by atomic mass is 16.5. The van der Waals surface area contributed by atoms with E-state index < -0.39 is 0 Å². The average molecular weight is 314 g/mol. The van der Waals surface area contributed by atoms with Crippen LogP contribution in [-0.2, 0) is 6.54 Å². The van der Waals surface area contributed by atoms with Gasteiger partial charge in [-0.1, -0.05) is 36.3 Å². The Morgan fingerprint density at radius 1 is 1.22 bits per heavy atom. The minimum absolute atomic E-state index is 0.304. The molecule has 0 fully saturated rings. The predicted octanol–water partition coefficient (Wildman–Crippen LogP) is 3.07. The smallest absolute Gasteiger partial charge is 0.191 e. The van der Waals surface area contributed by atoms with Crippen LogP contribution in [0.2, 0.25) is 0 Å². The fourth-order valence-corrected chi connectivity index (χ4v) is 2.75. The summed E-state index contributed by atoms with van der Waals surface area (Å²) in [5, 5.41) is 10.7. The van der Waals surface area contributed by atoms with Crippen LogP contribution < -0.4 is 10.6 Å². The highest BCUT2D eigenvalue weighted by Crippen LogP contribution is 2.22. The molecule has 2 aromatic rings. The first-order chi connectivity index (χ1) is 11.0. The van der Waals surface area contributed by atoms with Crippen LogP contribution >= 0.6 is 0 Å². The van der Waals surface area contributed by atoms with Gasteiger partial charge >= 0.3 is 0 Å². The molecule has 2 N–H and O–H groups in total. The molecule has 0 aliphatic rings. The number of rotatable bonds is 5. The molecule has 1 atom stereocenters. The van der Waals surface area contributed by atoms with Crippen molar-refractivity contribution in [1.29, 1.82) is 0 Å². The van der Waals surface area contributed by atoms with E-state index in [0.29, 0.717) is 5.92 Å². The predicted molar refractivity (Wildman–Crippen MR) is 93.8 cm³/mol. The van der Waals surface area contributed by atoms with Crippen LogP contribution in [0.4, 0.5) is 0 Å². The van der Waals surface area contributed by atoms with Crippen molar-refractivity contribution in [1.82, 2.24) is 15.8 Å². The van der Waals surface area contributed by atoms with Gasteiger partial charge in [-0.05, 0) is 31.9 Å². The highest BCUT2D eigenvalue weighted by Gasteiger charge is 2.16. The number of guanidine groups is 1. The summed E-state index contributed by atoms with van der Waals surface area (Å²) >= 11 is 0. The van der Waals surface area contributed by atoms with Gasteiger partial charge in [-0.3, -0.25) is 4.99 Å². The number of hydrogen-bond acceptors (Lipinski definition) is 3. The molecule has 0 amide bonds. The molecule has 5 heteroatoms. The monoisotopic (exact) mass is 314 g/mol. The lowest BCUT2D eigenvalue weighted by molar-refractivity contribution is 0.391. The van der Waals surface area contributed by atoms with E-state index in [0.717, 1.165) is 30.5 Å². The topological polar surface area (TPSA) is 62.5 Å². The van der Waals surface area contributed by atoms with E-state index in [4.69, 9.17) is 4.52 Å². The fourth-order valence-electron chi connectivity index (χ4n) is 2.75. The first-order valence-electron chi connectivity index (χ1n) is 7.94. The molecular formula is C18H26N4O. The summed E-state index contributed by atoms with van der Waals surface area (Å²) in [6.07, 6.45) is 0. The Morgan fingerprint density at radius 3 is 2.57 bits per heavy atom. The fraction of sp³-hybridized carbons (Fsp3) is 0.444. The number of nitrogens with zero attached hydrogens (tertiary/aromatic N) is 2. The molecule has 0 aliphatic heterocycles. The molecule has 1 unspecified atom stereocenters. The number of aryl methyl sites for hydroxylation is 3. The molecule has 0 aliphatic carbocycles. The number of aliphatic imine (C=N–C) groups is 1. The maximum Gasteiger partial charge on any atom is 0.191 e. The summed E-state index contributed by atoms with van der Waals surface area (Å²) in [5.74, 6) is 1.99. The second-order valence-electron chi connectivity index (χ2n) is 5.87. The zero-order chi connectivity index (χ0) is 16.8. The highest BCUT2D eigenvalue weighted by molar-refractivity contribution is 5.79. The summed E-state index contributed by atoms with van der Waals surface area (Å²) in [4.78, 5) is 4.29. The lowest BCUT2D eigenvalue weighted by Crippen LogP contribution is -2.38. The van der Waals surface area contributed by atoms with Gasteiger partial charge in [-0.15, -0.1) is 0 Å². The van der Waals surface area contributed by atoms with Crippen LogP contribution in [0, 0.1) is 20.8 Å². The largest absolute Gasteiger partial charge is 0.361 e. The molecule has 0 radical (unpaired) electrons. The molecule has 0 bridgehead atoms. The molecular weight excluding hydrogens is 288 g/mol. The van der Waals surface area contributed by atoms with Crippen molar-refractivity contribution in [3.05, 3.63) is 52.4 Å². The van der Waals surface area contributed by atoms with E-state index in [1.54, 1.807) is 7.05 Å². The second-order valence-corrected chi connectivity index (χ2v) is 5.87. The standard InChI is InChI=1S/C18H26N4O/c1-12-8-6-7-9-16(12)11-21-18(19-5)20-10-13(2)17-14(3)22-23-15(17)4/h6-9,13H,10-11H2,1-5H3,(H2,19,20,21). The minimum Gasteiger partial charge on any atom is -0.361 e. The molecule has 0 saturated carbocycles. The van der Waals surface area contributed by atoms with Gasteiger partial charge in [0, 0.05) is 31.6 Å². The summed E-state index contributed by atoms with van der Waals surface area (Å²) in [5.41, 5.74) is 4.68. The third-order valence-electron chi connectivity index (χ3n) is 4.09. The third-order valence-corrected chi connectivity index (χ3v) is 4.09. The number of aromatic nitrogens is 1. The summed E-state index contributed by atoms with van der Waals surface area (Å²) in [6.45, 7) is 9.74. The maximum atomic E-state index is 5.24. The van der Waals surface area contributed by atoms with Gasteiger partial charge < -0.3 is 15.2 Å². The molecule has 1 heterocycles. The van der Waals surface area contributed by atoms with Crippen LogP contribution in [-0.4, -0.2) is 24.7 Å². The Morgan fingerprint density at radius 2 is 1.96 bits per heavy atom. The molecule has 5 nitrogen and oxygen atoms in total. The molecule has 2 rings (SSSR count). The van der Waals surface area contributed by atoms with Gasteiger partial charge in [0.05, 0.1) is 5.69 Å². The Hall–Kier alpha value is -2.30. The van der Waals surface area contributed by atoms with Gasteiger partial charge in [0.15, 0.2) is 5.96 Å². The maximum absolute atomic E-state index is 5.24. The van der Waals surface area contributed by atoms with Gasteiger partial charge in [0.2, 0.25) is 0 Å². The lowest BCUT2D eigenvalue weighted by Gasteiger charge is -2.16. The molecule has 1 aromatic carbocycles. The van der Waals surface area contributed by atoms with E-state index in [9.17, 15) is 0 Å². The van der Waals surface area contributed by atoms with Crippen molar-refractivity contribution >= 4 is 5.96 Å². The zero-order valence-corrected chi connectivity index (χ0v) is 14.6. The molecule has 23 heavy (non-hydrogen) atoms. The van der Waals surface area contributed by atoms with Crippen LogP contribution in [0.15, 0.2) is 33.8 Å². The Labute approximate surface area is 138 Å². The Kier molecular flexibility index (Phi) is 5.79. The first kappa shape index (κ1) is 17.1. The van der Waals surface area contributed by atoms with E-state index in [1.807, 2.05) is 13.8 Å².